The molecule has 0 bridgehead atoms. The summed E-state index contributed by atoms with van der Waals surface area (Å²) < 4.78 is 2.06. The second-order valence-corrected chi connectivity index (χ2v) is 4.24. The van der Waals surface area contributed by atoms with Crippen LogP contribution in [0.2, 0.25) is 0 Å². The summed E-state index contributed by atoms with van der Waals surface area (Å²) in [4.78, 5) is 22.2. The largest absolute Gasteiger partial charge is 0.384 e. The van der Waals surface area contributed by atoms with Gasteiger partial charge in [0.05, 0.1) is 12.1 Å². The summed E-state index contributed by atoms with van der Waals surface area (Å²) in [5.41, 5.74) is 6.06. The number of hydrogen-bond donors (Lipinski definition) is 1. The number of carbonyl (C=O) groups is 1. The molecule has 2 aromatic rings. The SMILES string of the molecule is Nc1ccc(C(=O)N2CCn3ccnc3C2)cn1. The Bertz CT molecular complexity index is 574. The van der Waals surface area contributed by atoms with Gasteiger partial charge in [-0.05, 0) is 12.1 Å². The third-order valence-electron chi connectivity index (χ3n) is 3.07. The highest BCUT2D eigenvalue weighted by Gasteiger charge is 2.22. The number of nitrogen functional groups attached to an aromatic ring is 1. The highest BCUT2D eigenvalue weighted by molar-refractivity contribution is 5.94. The normalized spacial score (nSPS) is 14.3. The van der Waals surface area contributed by atoms with Gasteiger partial charge < -0.3 is 15.2 Å². The van der Waals surface area contributed by atoms with Crippen LogP contribution >= 0.6 is 0 Å². The Morgan fingerprint density at radius 2 is 2.17 bits per heavy atom. The minimum atomic E-state index is -0.0308. The Labute approximate surface area is 104 Å². The van der Waals surface area contributed by atoms with Gasteiger partial charge in [0.25, 0.3) is 5.91 Å². The van der Waals surface area contributed by atoms with Crippen molar-refractivity contribution < 1.29 is 4.79 Å². The average Bonchev–Trinajstić information content (AvgIpc) is 2.86. The first-order valence-electron chi connectivity index (χ1n) is 5.75. The van der Waals surface area contributed by atoms with Crippen molar-refractivity contribution in [3.8, 4) is 0 Å². The number of carbonyl (C=O) groups excluding carboxylic acids is 1. The maximum Gasteiger partial charge on any atom is 0.255 e. The number of nitrogens with zero attached hydrogens (tertiary/aromatic N) is 4. The summed E-state index contributed by atoms with van der Waals surface area (Å²) in [5, 5.41) is 0. The molecule has 0 saturated carbocycles. The summed E-state index contributed by atoms with van der Waals surface area (Å²) in [7, 11) is 0. The first kappa shape index (κ1) is 10.8. The predicted octanol–water partition coefficient (Wildman–Crippen LogP) is 0.516. The molecule has 6 heteroatoms. The second-order valence-electron chi connectivity index (χ2n) is 4.24. The number of amides is 1. The molecule has 1 amide bonds. The van der Waals surface area contributed by atoms with Gasteiger partial charge >= 0.3 is 0 Å². The van der Waals surface area contributed by atoms with Gasteiger partial charge in [-0.15, -0.1) is 0 Å². The van der Waals surface area contributed by atoms with Crippen LogP contribution in [0.4, 0.5) is 5.82 Å². The zero-order chi connectivity index (χ0) is 12.5. The Morgan fingerprint density at radius 3 is 2.94 bits per heavy atom. The summed E-state index contributed by atoms with van der Waals surface area (Å²) in [5.74, 6) is 1.30. The lowest BCUT2D eigenvalue weighted by molar-refractivity contribution is 0.0707. The van der Waals surface area contributed by atoms with Crippen molar-refractivity contribution in [2.24, 2.45) is 0 Å². The van der Waals surface area contributed by atoms with Gasteiger partial charge in [0.2, 0.25) is 0 Å². The molecule has 0 aliphatic carbocycles. The Balaban J connectivity index is 1.80. The predicted molar refractivity (Wildman–Crippen MR) is 65.6 cm³/mol. The van der Waals surface area contributed by atoms with Crippen molar-refractivity contribution in [2.75, 3.05) is 12.3 Å². The number of nitrogens with two attached hydrogens (primary N) is 1. The molecule has 3 rings (SSSR count). The quantitative estimate of drug-likeness (QED) is 0.792. The van der Waals surface area contributed by atoms with Crippen molar-refractivity contribution in [3.63, 3.8) is 0 Å². The van der Waals surface area contributed by atoms with Crippen LogP contribution in [-0.4, -0.2) is 31.9 Å². The molecule has 1 aliphatic heterocycles. The lowest BCUT2D eigenvalue weighted by Gasteiger charge is -2.27. The molecule has 1 aliphatic rings. The van der Waals surface area contributed by atoms with E-state index >= 15 is 0 Å². The molecule has 0 saturated heterocycles. The number of hydrogen-bond acceptors (Lipinski definition) is 4. The summed E-state index contributed by atoms with van der Waals surface area (Å²) >= 11 is 0. The summed E-state index contributed by atoms with van der Waals surface area (Å²) in [6.45, 7) is 2.01. The number of rotatable bonds is 1. The van der Waals surface area contributed by atoms with E-state index in [1.54, 1.807) is 23.2 Å². The fraction of sp³-hybridized carbons (Fsp3) is 0.250. The van der Waals surface area contributed by atoms with Crippen LogP contribution in [0.5, 0.6) is 0 Å². The molecule has 0 atom stereocenters. The van der Waals surface area contributed by atoms with E-state index in [4.69, 9.17) is 5.73 Å². The molecule has 18 heavy (non-hydrogen) atoms. The van der Waals surface area contributed by atoms with Crippen molar-refractivity contribution in [2.45, 2.75) is 13.1 Å². The van der Waals surface area contributed by atoms with E-state index in [0.29, 0.717) is 24.5 Å². The minimum absolute atomic E-state index is 0.0308. The number of anilines is 1. The third-order valence-corrected chi connectivity index (χ3v) is 3.07. The van der Waals surface area contributed by atoms with Crippen molar-refractivity contribution in [1.29, 1.82) is 0 Å². The molecule has 0 spiro atoms. The standard InChI is InChI=1S/C12H13N5O/c13-10-2-1-9(7-15-10)12(18)17-6-5-16-4-3-14-11(16)8-17/h1-4,7H,5-6,8H2,(H2,13,15). The lowest BCUT2D eigenvalue weighted by Crippen LogP contribution is -2.38. The van der Waals surface area contributed by atoms with Gasteiger partial charge in [-0.25, -0.2) is 9.97 Å². The molecule has 3 heterocycles. The average molecular weight is 243 g/mol. The molecular weight excluding hydrogens is 230 g/mol. The molecule has 0 radical (unpaired) electrons. The Hall–Kier alpha value is -2.37. The van der Waals surface area contributed by atoms with Gasteiger partial charge in [0.1, 0.15) is 11.6 Å². The van der Waals surface area contributed by atoms with E-state index in [0.717, 1.165) is 12.4 Å². The number of imidazole rings is 1. The third kappa shape index (κ3) is 1.81. The van der Waals surface area contributed by atoms with E-state index in [2.05, 4.69) is 14.5 Å². The molecule has 0 unspecified atom stereocenters. The fourth-order valence-corrected chi connectivity index (χ4v) is 2.06. The zero-order valence-corrected chi connectivity index (χ0v) is 9.78. The van der Waals surface area contributed by atoms with Crippen LogP contribution in [0.1, 0.15) is 16.2 Å². The van der Waals surface area contributed by atoms with Gasteiger partial charge in [-0.3, -0.25) is 4.79 Å². The van der Waals surface area contributed by atoms with E-state index in [1.807, 2.05) is 6.20 Å². The molecule has 0 aromatic carbocycles. The number of pyridine rings is 1. The Morgan fingerprint density at radius 1 is 1.28 bits per heavy atom. The smallest absolute Gasteiger partial charge is 0.255 e. The molecule has 2 aromatic heterocycles. The van der Waals surface area contributed by atoms with Crippen LogP contribution in [0.25, 0.3) is 0 Å². The minimum Gasteiger partial charge on any atom is -0.384 e. The number of fused-ring (bicyclic) bond motifs is 1. The van der Waals surface area contributed by atoms with E-state index in [1.165, 1.54) is 6.20 Å². The molecular formula is C12H13N5O. The highest BCUT2D eigenvalue weighted by atomic mass is 16.2. The topological polar surface area (TPSA) is 77.0 Å². The Kier molecular flexibility index (Phi) is 2.47. The van der Waals surface area contributed by atoms with Crippen LogP contribution in [-0.2, 0) is 13.1 Å². The van der Waals surface area contributed by atoms with Crippen LogP contribution in [0.3, 0.4) is 0 Å². The van der Waals surface area contributed by atoms with Crippen molar-refractivity contribution in [1.82, 2.24) is 19.4 Å². The van der Waals surface area contributed by atoms with E-state index in [-0.39, 0.29) is 5.91 Å². The van der Waals surface area contributed by atoms with Crippen molar-refractivity contribution >= 4 is 11.7 Å². The summed E-state index contributed by atoms with van der Waals surface area (Å²) in [6.07, 6.45) is 5.20. The van der Waals surface area contributed by atoms with Crippen LogP contribution in [0.15, 0.2) is 30.7 Å². The van der Waals surface area contributed by atoms with Gasteiger partial charge in [-0.2, -0.15) is 0 Å². The fourth-order valence-electron chi connectivity index (χ4n) is 2.06. The van der Waals surface area contributed by atoms with Crippen LogP contribution in [0, 0.1) is 0 Å². The molecule has 6 nitrogen and oxygen atoms in total. The lowest BCUT2D eigenvalue weighted by atomic mass is 10.2. The molecule has 2 N–H and O–H groups in total. The maximum absolute atomic E-state index is 12.3. The van der Waals surface area contributed by atoms with E-state index < -0.39 is 0 Å². The van der Waals surface area contributed by atoms with Crippen LogP contribution < -0.4 is 5.73 Å². The zero-order valence-electron chi connectivity index (χ0n) is 9.78. The first-order chi connectivity index (χ1) is 8.74. The first-order valence-corrected chi connectivity index (χ1v) is 5.75. The summed E-state index contributed by atoms with van der Waals surface area (Å²) in [6, 6.07) is 3.34. The maximum atomic E-state index is 12.3. The number of aromatic nitrogens is 3. The van der Waals surface area contributed by atoms with Gasteiger partial charge in [0.15, 0.2) is 0 Å². The molecule has 92 valence electrons. The van der Waals surface area contributed by atoms with Gasteiger partial charge in [0, 0.05) is 31.7 Å². The highest BCUT2D eigenvalue weighted by Crippen LogP contribution is 2.14. The molecule has 0 fully saturated rings. The van der Waals surface area contributed by atoms with Gasteiger partial charge in [-0.1, -0.05) is 0 Å². The van der Waals surface area contributed by atoms with Crippen molar-refractivity contribution in [3.05, 3.63) is 42.1 Å². The van der Waals surface area contributed by atoms with E-state index in [9.17, 15) is 4.79 Å². The monoisotopic (exact) mass is 243 g/mol. The second kappa shape index (κ2) is 4.14.